The summed E-state index contributed by atoms with van der Waals surface area (Å²) in [6.07, 6.45) is 0. The lowest BCUT2D eigenvalue weighted by Gasteiger charge is -2.09. The van der Waals surface area contributed by atoms with Crippen molar-refractivity contribution >= 4 is 10.9 Å². The fourth-order valence-corrected chi connectivity index (χ4v) is 2.89. The van der Waals surface area contributed by atoms with Gasteiger partial charge >= 0.3 is 0 Å². The molecule has 0 spiro atoms. The van der Waals surface area contributed by atoms with Crippen LogP contribution in [0.5, 0.6) is 0 Å². The van der Waals surface area contributed by atoms with E-state index in [1.165, 1.54) is 33.3 Å². The Balaban J connectivity index is 2.26. The highest BCUT2D eigenvalue weighted by atomic mass is 14.9. The second-order valence-electron chi connectivity index (χ2n) is 6.07. The van der Waals surface area contributed by atoms with Crippen LogP contribution in [0.2, 0.25) is 0 Å². The van der Waals surface area contributed by atoms with Gasteiger partial charge in [0.2, 0.25) is 11.2 Å². The van der Waals surface area contributed by atoms with Crippen LogP contribution in [-0.2, 0) is 7.05 Å². The summed E-state index contributed by atoms with van der Waals surface area (Å²) < 4.78 is 2.31. The largest absolute Gasteiger partial charge is 0.213 e. The highest BCUT2D eigenvalue weighted by Crippen LogP contribution is 2.24. The number of nitrogens with zero attached hydrogens (tertiary/aromatic N) is 1. The molecule has 1 heteroatoms. The molecule has 0 aliphatic carbocycles. The van der Waals surface area contributed by atoms with E-state index in [1.807, 2.05) is 0 Å². The zero-order valence-electron chi connectivity index (χ0n) is 13.2. The van der Waals surface area contributed by atoms with E-state index in [1.54, 1.807) is 0 Å². The molecule has 0 aliphatic heterocycles. The molecule has 0 fully saturated rings. The van der Waals surface area contributed by atoms with Crippen LogP contribution in [0.1, 0.15) is 30.9 Å². The van der Waals surface area contributed by atoms with Crippen LogP contribution in [0.15, 0.2) is 54.6 Å². The highest BCUT2D eigenvalue weighted by molar-refractivity contribution is 5.78. The van der Waals surface area contributed by atoms with E-state index in [-0.39, 0.29) is 0 Å². The summed E-state index contributed by atoms with van der Waals surface area (Å²) in [5.41, 5.74) is 6.56. The SMILES string of the molecule is Cc1ccccc1-c1ccc2ccc(C(C)C)cc2[n+]1C. The summed E-state index contributed by atoms with van der Waals surface area (Å²) in [6, 6.07) is 19.8. The minimum absolute atomic E-state index is 0.552. The van der Waals surface area contributed by atoms with Crippen LogP contribution in [0.4, 0.5) is 0 Å². The predicted molar refractivity (Wildman–Crippen MR) is 89.4 cm³/mol. The molecule has 0 N–H and O–H groups in total. The first-order valence-electron chi connectivity index (χ1n) is 7.56. The first-order chi connectivity index (χ1) is 10.1. The molecule has 2 aromatic carbocycles. The monoisotopic (exact) mass is 276 g/mol. The normalized spacial score (nSPS) is 11.3. The smallest absolute Gasteiger partial charge is 0.194 e. The minimum atomic E-state index is 0.552. The molecule has 0 amide bonds. The Labute approximate surface area is 126 Å². The second kappa shape index (κ2) is 5.33. The number of aromatic nitrogens is 1. The Morgan fingerprint density at radius 1 is 0.905 bits per heavy atom. The molecule has 0 saturated heterocycles. The maximum Gasteiger partial charge on any atom is 0.213 e. The Kier molecular flexibility index (Phi) is 3.50. The zero-order chi connectivity index (χ0) is 15.0. The third kappa shape index (κ3) is 2.44. The van der Waals surface area contributed by atoms with Crippen molar-refractivity contribution in [3.8, 4) is 11.3 Å². The van der Waals surface area contributed by atoms with E-state index in [0.29, 0.717) is 5.92 Å². The molecule has 3 aromatic rings. The van der Waals surface area contributed by atoms with Crippen molar-refractivity contribution < 1.29 is 4.57 Å². The molecular weight excluding hydrogens is 254 g/mol. The van der Waals surface area contributed by atoms with E-state index in [0.717, 1.165) is 0 Å². The quantitative estimate of drug-likeness (QED) is 0.594. The number of pyridine rings is 1. The topological polar surface area (TPSA) is 3.88 Å². The molecule has 106 valence electrons. The maximum atomic E-state index is 2.32. The van der Waals surface area contributed by atoms with Crippen molar-refractivity contribution in [2.75, 3.05) is 0 Å². The summed E-state index contributed by atoms with van der Waals surface area (Å²) in [6.45, 7) is 6.66. The average Bonchev–Trinajstić information content (AvgIpc) is 2.48. The number of fused-ring (bicyclic) bond motifs is 1. The fourth-order valence-electron chi connectivity index (χ4n) is 2.89. The van der Waals surface area contributed by atoms with Crippen LogP contribution >= 0.6 is 0 Å². The van der Waals surface area contributed by atoms with E-state index < -0.39 is 0 Å². The molecule has 1 aromatic heterocycles. The Bertz CT molecular complexity index is 800. The molecule has 1 heterocycles. The van der Waals surface area contributed by atoms with Crippen LogP contribution in [0.25, 0.3) is 22.2 Å². The third-order valence-corrected chi connectivity index (χ3v) is 4.29. The number of rotatable bonds is 2. The maximum absolute atomic E-state index is 2.32. The first-order valence-corrected chi connectivity index (χ1v) is 7.56. The zero-order valence-corrected chi connectivity index (χ0v) is 13.2. The fraction of sp³-hybridized carbons (Fsp3) is 0.250. The minimum Gasteiger partial charge on any atom is -0.194 e. The lowest BCUT2D eigenvalue weighted by Crippen LogP contribution is -2.32. The van der Waals surface area contributed by atoms with Gasteiger partial charge in [0.15, 0.2) is 0 Å². The van der Waals surface area contributed by atoms with Gasteiger partial charge in [0.1, 0.15) is 7.05 Å². The summed E-state index contributed by atoms with van der Waals surface area (Å²) in [7, 11) is 2.16. The predicted octanol–water partition coefficient (Wildman–Crippen LogP) is 4.76. The van der Waals surface area contributed by atoms with Gasteiger partial charge in [-0.25, -0.2) is 0 Å². The van der Waals surface area contributed by atoms with E-state index in [4.69, 9.17) is 0 Å². The van der Waals surface area contributed by atoms with E-state index in [9.17, 15) is 0 Å². The third-order valence-electron chi connectivity index (χ3n) is 4.29. The lowest BCUT2D eigenvalue weighted by atomic mass is 9.99. The van der Waals surface area contributed by atoms with Gasteiger partial charge in [0, 0.05) is 23.1 Å². The van der Waals surface area contributed by atoms with Crippen molar-refractivity contribution in [1.29, 1.82) is 0 Å². The van der Waals surface area contributed by atoms with Crippen molar-refractivity contribution in [1.82, 2.24) is 0 Å². The van der Waals surface area contributed by atoms with Gasteiger partial charge < -0.3 is 0 Å². The molecule has 3 rings (SSSR count). The number of aryl methyl sites for hydroxylation is 2. The summed E-state index contributed by atoms with van der Waals surface area (Å²) in [5, 5.41) is 1.29. The van der Waals surface area contributed by atoms with Crippen molar-refractivity contribution in [3.05, 3.63) is 65.7 Å². The first kappa shape index (κ1) is 13.8. The molecular formula is C20H22N+. The van der Waals surface area contributed by atoms with Crippen molar-refractivity contribution in [3.63, 3.8) is 0 Å². The van der Waals surface area contributed by atoms with Crippen LogP contribution in [0.3, 0.4) is 0 Å². The van der Waals surface area contributed by atoms with Gasteiger partial charge in [-0.3, -0.25) is 0 Å². The Morgan fingerprint density at radius 3 is 2.33 bits per heavy atom. The van der Waals surface area contributed by atoms with Crippen LogP contribution < -0.4 is 4.57 Å². The summed E-state index contributed by atoms with van der Waals surface area (Å²) >= 11 is 0. The molecule has 0 radical (unpaired) electrons. The Hall–Kier alpha value is -2.15. The number of hydrogen-bond acceptors (Lipinski definition) is 0. The second-order valence-corrected chi connectivity index (χ2v) is 6.07. The highest BCUT2D eigenvalue weighted by Gasteiger charge is 2.16. The number of hydrogen-bond donors (Lipinski definition) is 0. The summed E-state index contributed by atoms with van der Waals surface area (Å²) in [4.78, 5) is 0. The van der Waals surface area contributed by atoms with Gasteiger partial charge in [0.05, 0.1) is 0 Å². The van der Waals surface area contributed by atoms with Gasteiger partial charge in [-0.1, -0.05) is 38.1 Å². The van der Waals surface area contributed by atoms with Gasteiger partial charge in [0.25, 0.3) is 0 Å². The Morgan fingerprint density at radius 2 is 1.62 bits per heavy atom. The van der Waals surface area contributed by atoms with Crippen molar-refractivity contribution in [2.45, 2.75) is 26.7 Å². The molecule has 0 atom stereocenters. The van der Waals surface area contributed by atoms with E-state index >= 15 is 0 Å². The molecule has 0 aliphatic rings. The van der Waals surface area contributed by atoms with Gasteiger partial charge in [-0.15, -0.1) is 0 Å². The molecule has 0 saturated carbocycles. The van der Waals surface area contributed by atoms with Crippen molar-refractivity contribution in [2.24, 2.45) is 7.05 Å². The van der Waals surface area contributed by atoms with Gasteiger partial charge in [-0.05, 0) is 42.2 Å². The molecule has 0 bridgehead atoms. The van der Waals surface area contributed by atoms with Crippen LogP contribution in [0, 0.1) is 6.92 Å². The lowest BCUT2D eigenvalue weighted by molar-refractivity contribution is -0.633. The van der Waals surface area contributed by atoms with E-state index in [2.05, 4.69) is 87.0 Å². The standard InChI is InChI=1S/C20H22N/c1-14(2)17-10-9-16-11-12-19(21(4)20(16)13-17)18-8-6-5-7-15(18)3/h5-14H,1-4H3/q+1. The van der Waals surface area contributed by atoms with Crippen LogP contribution in [-0.4, -0.2) is 0 Å². The average molecular weight is 276 g/mol. The molecule has 21 heavy (non-hydrogen) atoms. The number of benzene rings is 2. The van der Waals surface area contributed by atoms with Gasteiger partial charge in [-0.2, -0.15) is 4.57 Å². The molecule has 1 nitrogen and oxygen atoms in total. The molecule has 0 unspecified atom stereocenters. The summed E-state index contributed by atoms with van der Waals surface area (Å²) in [5.74, 6) is 0.552.